The molecule has 0 spiro atoms. The Labute approximate surface area is 351 Å². The van der Waals surface area contributed by atoms with Gasteiger partial charge in [-0.1, -0.05) is 41.5 Å². The molecule has 8 aliphatic carbocycles. The van der Waals surface area contributed by atoms with Gasteiger partial charge in [0.2, 0.25) is 0 Å². The third-order valence-electron chi connectivity index (χ3n) is 21.5. The van der Waals surface area contributed by atoms with E-state index in [1.807, 2.05) is 0 Å². The molecule has 6 unspecified atom stereocenters. The molecule has 0 aromatic rings. The summed E-state index contributed by atoms with van der Waals surface area (Å²) in [6, 6.07) is 1.05. The molecule has 8 heteroatoms. The van der Waals surface area contributed by atoms with Gasteiger partial charge in [0.1, 0.15) is 0 Å². The van der Waals surface area contributed by atoms with E-state index >= 15 is 0 Å². The van der Waals surface area contributed by atoms with Crippen molar-refractivity contribution in [3.8, 4) is 0 Å². The predicted molar refractivity (Wildman–Crippen MR) is 229 cm³/mol. The van der Waals surface area contributed by atoms with E-state index in [9.17, 15) is 30.0 Å². The number of nitrogens with one attached hydrogen (secondary N) is 2. The Morgan fingerprint density at radius 1 is 0.534 bits per heavy atom. The van der Waals surface area contributed by atoms with Crippen molar-refractivity contribution in [3.63, 3.8) is 0 Å². The Bertz CT molecular complexity index is 1380. The summed E-state index contributed by atoms with van der Waals surface area (Å²) in [5.74, 6) is 4.95. The highest BCUT2D eigenvalue weighted by Gasteiger charge is 2.64. The van der Waals surface area contributed by atoms with Gasteiger partial charge >= 0.3 is 11.9 Å². The van der Waals surface area contributed by atoms with Crippen LogP contribution in [0.1, 0.15) is 170 Å². The summed E-state index contributed by atoms with van der Waals surface area (Å²) in [5.41, 5.74) is 1.08. The first-order valence-corrected chi connectivity index (χ1v) is 24.8. The molecule has 8 rings (SSSR count). The van der Waals surface area contributed by atoms with Crippen molar-refractivity contribution < 1.29 is 30.0 Å². The Morgan fingerprint density at radius 3 is 1.28 bits per heavy atom. The number of aliphatic hydroxyl groups is 2. The van der Waals surface area contributed by atoms with E-state index in [0.717, 1.165) is 38.8 Å². The smallest absolute Gasteiger partial charge is 0.303 e. The molecule has 8 fully saturated rings. The summed E-state index contributed by atoms with van der Waals surface area (Å²) in [6.45, 7) is 16.7. The largest absolute Gasteiger partial charge is 0.481 e. The maximum Gasteiger partial charge on any atom is 0.303 e. The number of aliphatic hydroxyl groups excluding tert-OH is 2. The minimum absolute atomic E-state index is 0.209. The number of carboxylic acid groups (broad SMARTS) is 2. The monoisotopic (exact) mass is 809 g/mol. The molecule has 8 saturated carbocycles. The number of carbonyl (C=O) groups is 2. The van der Waals surface area contributed by atoms with Crippen LogP contribution < -0.4 is 10.6 Å². The lowest BCUT2D eigenvalue weighted by Gasteiger charge is -2.63. The van der Waals surface area contributed by atoms with E-state index in [2.05, 4.69) is 52.2 Å². The van der Waals surface area contributed by atoms with Crippen molar-refractivity contribution in [2.24, 2.45) is 92.7 Å². The van der Waals surface area contributed by atoms with E-state index in [4.69, 9.17) is 0 Å². The second-order valence-electron chi connectivity index (χ2n) is 23.7. The van der Waals surface area contributed by atoms with Crippen LogP contribution in [-0.2, 0) is 9.59 Å². The van der Waals surface area contributed by atoms with Crippen LogP contribution in [0.4, 0.5) is 0 Å². The molecule has 0 radical (unpaired) electrons. The van der Waals surface area contributed by atoms with E-state index in [0.29, 0.717) is 93.9 Å². The van der Waals surface area contributed by atoms with Gasteiger partial charge in [0.15, 0.2) is 0 Å². The van der Waals surface area contributed by atoms with Crippen LogP contribution >= 0.6 is 0 Å². The first kappa shape index (κ1) is 43.4. The molecular weight excluding hydrogens is 725 g/mol. The third-order valence-corrected chi connectivity index (χ3v) is 21.5. The van der Waals surface area contributed by atoms with Gasteiger partial charge in [0.05, 0.1) is 12.2 Å². The highest BCUT2D eigenvalue weighted by atomic mass is 16.4. The summed E-state index contributed by atoms with van der Waals surface area (Å²) >= 11 is 0. The van der Waals surface area contributed by atoms with Gasteiger partial charge in [0, 0.05) is 38.0 Å². The van der Waals surface area contributed by atoms with Crippen molar-refractivity contribution in [3.05, 3.63) is 0 Å². The van der Waals surface area contributed by atoms with Crippen LogP contribution in [-0.4, -0.2) is 69.7 Å². The number of fused-ring (bicyclic) bond motifs is 10. The first-order chi connectivity index (χ1) is 27.5. The fourth-order valence-corrected chi connectivity index (χ4v) is 18.4. The van der Waals surface area contributed by atoms with Gasteiger partial charge < -0.3 is 31.1 Å². The molecule has 8 nitrogen and oxygen atoms in total. The Hall–Kier alpha value is -1.22. The van der Waals surface area contributed by atoms with Crippen LogP contribution in [0, 0.1) is 92.7 Å². The first-order valence-electron chi connectivity index (χ1n) is 24.8. The summed E-state index contributed by atoms with van der Waals surface area (Å²) in [6.07, 6.45) is 20.6. The summed E-state index contributed by atoms with van der Waals surface area (Å²) in [4.78, 5) is 22.7. The maximum absolute atomic E-state index is 11.9. The SMILES string of the molecule is C[C@H](CCC(=O)O)[C@H]1CC[C@H]2C3[C@@H](O)CC4CC(NCCNC5CC[C@@]6(C)C(C5)C[C@H](O)C5[C@@H]7CC[C@H]([C@H](C)CCC(=O)O)[C@@]7(C)CC[C@@H]56)CC[C@]4(C)[C@H]3CC[C@]12C. The predicted octanol–water partition coefficient (Wildman–Crippen LogP) is 9.16. The maximum atomic E-state index is 11.9. The molecule has 0 saturated heterocycles. The minimum Gasteiger partial charge on any atom is -0.481 e. The number of rotatable bonds is 13. The molecule has 6 N–H and O–H groups in total. The quantitative estimate of drug-likeness (QED) is 0.101. The lowest BCUT2D eigenvalue weighted by Crippen LogP contribution is -2.60. The number of hydrogen-bond donors (Lipinski definition) is 6. The van der Waals surface area contributed by atoms with Crippen LogP contribution in [0.15, 0.2) is 0 Å². The Balaban J connectivity index is 0.805. The lowest BCUT2D eigenvalue weighted by atomic mass is 9.43. The fraction of sp³-hybridized carbons (Fsp3) is 0.960. The van der Waals surface area contributed by atoms with Gasteiger partial charge in [-0.25, -0.2) is 0 Å². The van der Waals surface area contributed by atoms with Gasteiger partial charge in [-0.2, -0.15) is 0 Å². The zero-order valence-electron chi connectivity index (χ0n) is 37.4. The number of hydrogen-bond acceptors (Lipinski definition) is 6. The molecule has 8 aliphatic rings. The highest BCUT2D eigenvalue weighted by molar-refractivity contribution is 5.66. The third kappa shape index (κ3) is 7.46. The Morgan fingerprint density at radius 2 is 0.897 bits per heavy atom. The van der Waals surface area contributed by atoms with Crippen molar-refractivity contribution in [2.75, 3.05) is 13.1 Å². The Kier molecular flexibility index (Phi) is 12.3. The second kappa shape index (κ2) is 16.5. The standard InChI is InChI=1S/C50H84N2O6/c1-29(7-13-43(55)56)35-9-11-37-45-39(17-21-49(35,37)5)47(3)19-15-33(25-31(47)27-41(45)53)51-23-24-52-34-16-20-48(4)32(26-34)28-42(54)46-38-12-10-36(30(2)8-14-44(57)58)50(38,6)22-18-40(46)48/h29-42,45-46,51-54H,7-28H2,1-6H3,(H,55,56)(H,57,58)/t29-,30-,31?,32?,33?,34?,35-,36-,37+,38+,39+,40+,41+,42+,45?,46?,47+,48+,49-,50-/m1/s1. The normalized spacial score (nSPS) is 50.6. The molecule has 0 aromatic heterocycles. The van der Waals surface area contributed by atoms with Gasteiger partial charge in [-0.05, 0) is 208 Å². The van der Waals surface area contributed by atoms with E-state index in [1.165, 1.54) is 89.9 Å². The second-order valence-corrected chi connectivity index (χ2v) is 23.7. The average Bonchev–Trinajstić information content (AvgIpc) is 3.72. The molecule has 0 aromatic carbocycles. The molecule has 0 aliphatic heterocycles. The number of aliphatic carboxylic acids is 2. The average molecular weight is 809 g/mol. The molecule has 20 atom stereocenters. The van der Waals surface area contributed by atoms with E-state index in [1.54, 1.807) is 0 Å². The molecule has 0 bridgehead atoms. The summed E-state index contributed by atoms with van der Waals surface area (Å²) in [5, 5.41) is 50.5. The van der Waals surface area contributed by atoms with E-state index in [-0.39, 0.29) is 35.9 Å². The lowest BCUT2D eigenvalue weighted by molar-refractivity contribution is -0.167. The van der Waals surface area contributed by atoms with Crippen molar-refractivity contribution >= 4 is 11.9 Å². The molecule has 0 amide bonds. The van der Waals surface area contributed by atoms with Gasteiger partial charge in [-0.3, -0.25) is 9.59 Å². The fourth-order valence-electron chi connectivity index (χ4n) is 18.4. The van der Waals surface area contributed by atoms with E-state index < -0.39 is 11.9 Å². The van der Waals surface area contributed by atoms with Crippen molar-refractivity contribution in [1.82, 2.24) is 10.6 Å². The zero-order chi connectivity index (χ0) is 41.4. The topological polar surface area (TPSA) is 139 Å². The molecule has 330 valence electrons. The summed E-state index contributed by atoms with van der Waals surface area (Å²) < 4.78 is 0. The van der Waals surface area contributed by atoms with Crippen molar-refractivity contribution in [1.29, 1.82) is 0 Å². The minimum atomic E-state index is -0.677. The summed E-state index contributed by atoms with van der Waals surface area (Å²) in [7, 11) is 0. The molecular formula is C50H84N2O6. The van der Waals surface area contributed by atoms with Crippen LogP contribution in [0.3, 0.4) is 0 Å². The van der Waals surface area contributed by atoms with Gasteiger partial charge in [-0.15, -0.1) is 0 Å². The van der Waals surface area contributed by atoms with Crippen LogP contribution in [0.25, 0.3) is 0 Å². The molecule has 0 heterocycles. The molecule has 58 heavy (non-hydrogen) atoms. The van der Waals surface area contributed by atoms with Crippen LogP contribution in [0.5, 0.6) is 0 Å². The van der Waals surface area contributed by atoms with Crippen LogP contribution in [0.2, 0.25) is 0 Å². The van der Waals surface area contributed by atoms with Gasteiger partial charge in [0.25, 0.3) is 0 Å². The number of carboxylic acids is 2. The zero-order valence-corrected chi connectivity index (χ0v) is 37.4. The highest BCUT2D eigenvalue weighted by Crippen LogP contribution is 2.70. The van der Waals surface area contributed by atoms with Crippen molar-refractivity contribution in [2.45, 2.75) is 194 Å².